The lowest BCUT2D eigenvalue weighted by molar-refractivity contribution is -0.134. The second-order valence-corrected chi connectivity index (χ2v) is 6.23. The monoisotopic (exact) mass is 364 g/mol. The van der Waals surface area contributed by atoms with Crippen molar-refractivity contribution in [2.45, 2.75) is 25.5 Å². The summed E-state index contributed by atoms with van der Waals surface area (Å²) in [5, 5.41) is 3.31. The van der Waals surface area contributed by atoms with Gasteiger partial charge in [-0.1, -0.05) is 12.1 Å². The summed E-state index contributed by atoms with van der Waals surface area (Å²) < 4.78 is 30.6. The molecule has 1 atom stereocenters. The number of benzene rings is 1. The van der Waals surface area contributed by atoms with E-state index in [-0.39, 0.29) is 17.7 Å². The maximum Gasteiger partial charge on any atom is 0.387 e. The summed E-state index contributed by atoms with van der Waals surface area (Å²) in [4.78, 5) is 19.0. The Labute approximate surface area is 150 Å². The van der Waals surface area contributed by atoms with E-state index in [1.165, 1.54) is 12.1 Å². The first-order valence-corrected chi connectivity index (χ1v) is 8.56. The van der Waals surface area contributed by atoms with Crippen LogP contribution in [0.1, 0.15) is 23.9 Å². The number of hydrogen-bond acceptors (Lipinski definition) is 4. The van der Waals surface area contributed by atoms with Crippen molar-refractivity contribution in [2.75, 3.05) is 19.6 Å². The van der Waals surface area contributed by atoms with Crippen LogP contribution >= 0.6 is 0 Å². The summed E-state index contributed by atoms with van der Waals surface area (Å²) in [6.45, 7) is -0.765. The van der Waals surface area contributed by atoms with Crippen molar-refractivity contribution in [2.24, 2.45) is 7.05 Å². The number of alkyl halides is 2. The maximum absolute atomic E-state index is 12.7. The molecule has 1 unspecified atom stereocenters. The quantitative estimate of drug-likeness (QED) is 0.853. The lowest BCUT2D eigenvalue weighted by Gasteiger charge is -2.35. The molecule has 8 heteroatoms. The highest BCUT2D eigenvalue weighted by molar-refractivity contribution is 5.77. The van der Waals surface area contributed by atoms with E-state index in [0.717, 1.165) is 17.9 Å². The minimum absolute atomic E-state index is 0.0624. The van der Waals surface area contributed by atoms with Gasteiger partial charge in [0.15, 0.2) is 0 Å². The molecule has 26 heavy (non-hydrogen) atoms. The molecule has 1 aromatic heterocycles. The SMILES string of the molecule is Cn1ccnc1C1CNCCN1C(=O)CCc1ccc(OC(F)F)cc1. The summed E-state index contributed by atoms with van der Waals surface area (Å²) >= 11 is 0. The summed E-state index contributed by atoms with van der Waals surface area (Å²) in [7, 11) is 1.92. The topological polar surface area (TPSA) is 59.4 Å². The van der Waals surface area contributed by atoms with E-state index in [9.17, 15) is 13.6 Å². The van der Waals surface area contributed by atoms with Gasteiger partial charge < -0.3 is 19.5 Å². The van der Waals surface area contributed by atoms with Gasteiger partial charge in [-0.05, 0) is 24.1 Å². The van der Waals surface area contributed by atoms with Crippen molar-refractivity contribution in [1.82, 2.24) is 19.8 Å². The number of nitrogens with zero attached hydrogens (tertiary/aromatic N) is 3. The van der Waals surface area contributed by atoms with Gasteiger partial charge in [-0.15, -0.1) is 0 Å². The number of halogens is 2. The van der Waals surface area contributed by atoms with E-state index < -0.39 is 6.61 Å². The van der Waals surface area contributed by atoms with Crippen LogP contribution in [0.3, 0.4) is 0 Å². The zero-order valence-electron chi connectivity index (χ0n) is 14.6. The van der Waals surface area contributed by atoms with Gasteiger partial charge in [0, 0.05) is 45.5 Å². The van der Waals surface area contributed by atoms with Gasteiger partial charge in [-0.2, -0.15) is 8.78 Å². The molecule has 1 amide bonds. The molecule has 1 N–H and O–H groups in total. The molecule has 1 aliphatic rings. The number of aryl methyl sites for hydroxylation is 2. The average Bonchev–Trinajstić information content (AvgIpc) is 3.06. The average molecular weight is 364 g/mol. The summed E-state index contributed by atoms with van der Waals surface area (Å²) in [5.74, 6) is 1.04. The Morgan fingerprint density at radius 2 is 2.15 bits per heavy atom. The van der Waals surface area contributed by atoms with E-state index in [4.69, 9.17) is 0 Å². The first-order chi connectivity index (χ1) is 12.5. The van der Waals surface area contributed by atoms with Crippen LogP contribution in [-0.2, 0) is 18.3 Å². The molecule has 2 heterocycles. The zero-order valence-corrected chi connectivity index (χ0v) is 14.6. The number of aromatic nitrogens is 2. The van der Waals surface area contributed by atoms with Crippen LogP contribution in [0.2, 0.25) is 0 Å². The van der Waals surface area contributed by atoms with Gasteiger partial charge in [0.2, 0.25) is 5.91 Å². The minimum Gasteiger partial charge on any atom is -0.435 e. The summed E-state index contributed by atoms with van der Waals surface area (Å²) in [6.07, 6.45) is 4.51. The van der Waals surface area contributed by atoms with Crippen molar-refractivity contribution < 1.29 is 18.3 Å². The Kier molecular flexibility index (Phi) is 5.82. The van der Waals surface area contributed by atoms with Crippen LogP contribution in [-0.4, -0.2) is 46.6 Å². The van der Waals surface area contributed by atoms with Crippen molar-refractivity contribution in [1.29, 1.82) is 0 Å². The molecular weight excluding hydrogens is 342 g/mol. The highest BCUT2D eigenvalue weighted by Crippen LogP contribution is 2.22. The molecule has 0 spiro atoms. The smallest absolute Gasteiger partial charge is 0.387 e. The van der Waals surface area contributed by atoms with Crippen molar-refractivity contribution >= 4 is 5.91 Å². The summed E-state index contributed by atoms with van der Waals surface area (Å²) in [5.41, 5.74) is 0.906. The zero-order chi connectivity index (χ0) is 18.5. The van der Waals surface area contributed by atoms with Crippen LogP contribution < -0.4 is 10.1 Å². The second-order valence-electron chi connectivity index (χ2n) is 6.23. The van der Waals surface area contributed by atoms with Crippen LogP contribution in [0.15, 0.2) is 36.7 Å². The fourth-order valence-electron chi connectivity index (χ4n) is 3.16. The van der Waals surface area contributed by atoms with Crippen LogP contribution in [0.4, 0.5) is 8.78 Å². The Bertz CT molecular complexity index is 733. The number of carbonyl (C=O) groups excluding carboxylic acids is 1. The lowest BCUT2D eigenvalue weighted by Crippen LogP contribution is -2.49. The third-order valence-electron chi connectivity index (χ3n) is 4.50. The molecule has 1 fully saturated rings. The Hall–Kier alpha value is -2.48. The number of hydrogen-bond donors (Lipinski definition) is 1. The van der Waals surface area contributed by atoms with Crippen LogP contribution in [0.5, 0.6) is 5.75 Å². The molecule has 1 saturated heterocycles. The number of imidazole rings is 1. The fourth-order valence-corrected chi connectivity index (χ4v) is 3.16. The molecule has 1 aromatic carbocycles. The van der Waals surface area contributed by atoms with Gasteiger partial charge in [-0.25, -0.2) is 4.98 Å². The highest BCUT2D eigenvalue weighted by Gasteiger charge is 2.29. The predicted octanol–water partition coefficient (Wildman–Crippen LogP) is 2.13. The largest absolute Gasteiger partial charge is 0.435 e. The Balaban J connectivity index is 1.60. The molecule has 0 saturated carbocycles. The number of piperazine rings is 1. The fraction of sp³-hybridized carbons (Fsp3) is 0.444. The minimum atomic E-state index is -2.84. The molecule has 140 valence electrons. The maximum atomic E-state index is 12.7. The van der Waals surface area contributed by atoms with E-state index in [1.807, 2.05) is 22.7 Å². The van der Waals surface area contributed by atoms with E-state index >= 15 is 0 Å². The molecule has 3 rings (SSSR count). The Morgan fingerprint density at radius 3 is 2.81 bits per heavy atom. The number of ether oxygens (including phenoxy) is 1. The van der Waals surface area contributed by atoms with Gasteiger partial charge >= 0.3 is 6.61 Å². The van der Waals surface area contributed by atoms with Crippen molar-refractivity contribution in [3.8, 4) is 5.75 Å². The standard InChI is InChI=1S/C18H22F2N4O2/c1-23-10-9-22-17(23)15-12-21-8-11-24(15)16(25)7-4-13-2-5-14(6-3-13)26-18(19)20/h2-3,5-6,9-10,15,18,21H,4,7-8,11-12H2,1H3. The number of amides is 1. The van der Waals surface area contributed by atoms with E-state index in [0.29, 0.717) is 25.9 Å². The van der Waals surface area contributed by atoms with Crippen LogP contribution in [0, 0.1) is 0 Å². The third kappa shape index (κ3) is 4.37. The third-order valence-corrected chi connectivity index (χ3v) is 4.50. The molecular formula is C18H22F2N4O2. The Morgan fingerprint density at radius 1 is 1.38 bits per heavy atom. The number of carbonyl (C=O) groups is 1. The first-order valence-electron chi connectivity index (χ1n) is 8.56. The normalized spacial score (nSPS) is 17.5. The molecule has 2 aromatic rings. The number of nitrogens with one attached hydrogen (secondary N) is 1. The summed E-state index contributed by atoms with van der Waals surface area (Å²) in [6, 6.07) is 6.32. The second kappa shape index (κ2) is 8.27. The number of rotatable bonds is 6. The van der Waals surface area contributed by atoms with Crippen molar-refractivity contribution in [3.05, 3.63) is 48.0 Å². The van der Waals surface area contributed by atoms with Gasteiger partial charge in [0.25, 0.3) is 0 Å². The predicted molar refractivity (Wildman–Crippen MR) is 91.9 cm³/mol. The molecule has 0 radical (unpaired) electrons. The van der Waals surface area contributed by atoms with Gasteiger partial charge in [0.1, 0.15) is 17.6 Å². The lowest BCUT2D eigenvalue weighted by atomic mass is 10.1. The van der Waals surface area contributed by atoms with E-state index in [1.54, 1.807) is 18.3 Å². The van der Waals surface area contributed by atoms with Crippen molar-refractivity contribution in [3.63, 3.8) is 0 Å². The van der Waals surface area contributed by atoms with Crippen LogP contribution in [0.25, 0.3) is 0 Å². The molecule has 1 aliphatic heterocycles. The molecule has 6 nitrogen and oxygen atoms in total. The van der Waals surface area contributed by atoms with Gasteiger partial charge in [0.05, 0.1) is 0 Å². The molecule has 0 bridgehead atoms. The van der Waals surface area contributed by atoms with E-state index in [2.05, 4.69) is 15.0 Å². The molecule has 0 aliphatic carbocycles. The highest BCUT2D eigenvalue weighted by atomic mass is 19.3. The van der Waals surface area contributed by atoms with Gasteiger partial charge in [-0.3, -0.25) is 4.79 Å². The first kappa shape index (κ1) is 18.3.